The fourth-order valence-corrected chi connectivity index (χ4v) is 6.78. The van der Waals surface area contributed by atoms with Crippen LogP contribution in [-0.4, -0.2) is 74.7 Å². The summed E-state index contributed by atoms with van der Waals surface area (Å²) in [5.74, 6) is 0.102. The van der Waals surface area contributed by atoms with E-state index >= 15 is 0 Å². The van der Waals surface area contributed by atoms with Crippen LogP contribution in [0.2, 0.25) is 0 Å². The Labute approximate surface area is 175 Å². The number of carbonyl (C=O) groups is 1. The van der Waals surface area contributed by atoms with Crippen LogP contribution >= 0.6 is 0 Å². The Morgan fingerprint density at radius 3 is 2.00 bits per heavy atom. The maximum atomic E-state index is 13.3. The molecule has 2 aliphatic rings. The summed E-state index contributed by atoms with van der Waals surface area (Å²) in [4.78, 5) is 17.6. The number of hydrogen-bond acceptors (Lipinski definition) is 4. The second-order valence-electron chi connectivity index (χ2n) is 8.89. The third-order valence-electron chi connectivity index (χ3n) is 6.59. The van der Waals surface area contributed by atoms with E-state index in [1.54, 1.807) is 4.31 Å². The first-order valence-corrected chi connectivity index (χ1v) is 12.1. The highest BCUT2D eigenvalue weighted by atomic mass is 32.2. The predicted octanol–water partition coefficient (Wildman–Crippen LogP) is 2.57. The molecule has 162 valence electrons. The Bertz CT molecular complexity index is 829. The summed E-state index contributed by atoms with van der Waals surface area (Å²) in [5.41, 5.74) is 2.66. The minimum atomic E-state index is -3.53. The Morgan fingerprint density at radius 1 is 0.966 bits per heavy atom. The Morgan fingerprint density at radius 2 is 1.48 bits per heavy atom. The highest BCUT2D eigenvalue weighted by Gasteiger charge is 2.36. The molecule has 1 aromatic carbocycles. The highest BCUT2D eigenvalue weighted by Crippen LogP contribution is 2.30. The Hall–Kier alpha value is -1.44. The molecule has 0 unspecified atom stereocenters. The van der Waals surface area contributed by atoms with Gasteiger partial charge in [-0.1, -0.05) is 17.7 Å². The van der Waals surface area contributed by atoms with Crippen molar-refractivity contribution in [3.63, 3.8) is 0 Å². The van der Waals surface area contributed by atoms with Gasteiger partial charge in [-0.05, 0) is 77.7 Å². The average molecular weight is 422 g/mol. The number of benzene rings is 1. The van der Waals surface area contributed by atoms with E-state index in [1.165, 1.54) is 0 Å². The predicted molar refractivity (Wildman–Crippen MR) is 115 cm³/mol. The first-order valence-electron chi connectivity index (χ1n) is 10.6. The van der Waals surface area contributed by atoms with Gasteiger partial charge in [0, 0.05) is 32.1 Å². The van der Waals surface area contributed by atoms with Gasteiger partial charge in [0.2, 0.25) is 15.9 Å². The molecule has 1 amide bonds. The van der Waals surface area contributed by atoms with E-state index < -0.39 is 10.0 Å². The molecule has 0 saturated carbocycles. The molecule has 1 aromatic rings. The quantitative estimate of drug-likeness (QED) is 0.750. The van der Waals surface area contributed by atoms with Crippen LogP contribution in [0, 0.1) is 26.7 Å². The lowest BCUT2D eigenvalue weighted by molar-refractivity contribution is -0.138. The zero-order valence-corrected chi connectivity index (χ0v) is 19.3. The molecule has 0 radical (unpaired) electrons. The van der Waals surface area contributed by atoms with Crippen molar-refractivity contribution in [3.05, 3.63) is 28.8 Å². The van der Waals surface area contributed by atoms with Gasteiger partial charge in [0.1, 0.15) is 0 Å². The fraction of sp³-hybridized carbons (Fsp3) is 0.682. The minimum absolute atomic E-state index is 0.0775. The van der Waals surface area contributed by atoms with E-state index in [4.69, 9.17) is 0 Å². The van der Waals surface area contributed by atoms with Gasteiger partial charge in [0.15, 0.2) is 0 Å². The van der Waals surface area contributed by atoms with Crippen LogP contribution in [0.5, 0.6) is 0 Å². The summed E-state index contributed by atoms with van der Waals surface area (Å²) >= 11 is 0. The van der Waals surface area contributed by atoms with Gasteiger partial charge in [-0.15, -0.1) is 0 Å². The summed E-state index contributed by atoms with van der Waals surface area (Å²) in [6.07, 6.45) is 3.22. The van der Waals surface area contributed by atoms with Gasteiger partial charge in [0.25, 0.3) is 0 Å². The van der Waals surface area contributed by atoms with Crippen molar-refractivity contribution in [3.8, 4) is 0 Å². The fourth-order valence-electron chi connectivity index (χ4n) is 4.90. The highest BCUT2D eigenvalue weighted by molar-refractivity contribution is 7.89. The van der Waals surface area contributed by atoms with Gasteiger partial charge in [-0.2, -0.15) is 4.31 Å². The van der Waals surface area contributed by atoms with Crippen molar-refractivity contribution >= 4 is 15.9 Å². The second kappa shape index (κ2) is 8.74. The standard InChI is InChI=1S/C22H35N3O3S/c1-16-14-17(2)21(18(3)15-16)29(27,28)25-12-6-19(7-13-25)22(26)24(5)20-8-10-23(4)11-9-20/h14-15,19-20H,6-13H2,1-5H3. The van der Waals surface area contributed by atoms with E-state index in [9.17, 15) is 13.2 Å². The largest absolute Gasteiger partial charge is 0.342 e. The van der Waals surface area contributed by atoms with E-state index in [-0.39, 0.29) is 11.8 Å². The number of aryl methyl sites for hydroxylation is 3. The van der Waals surface area contributed by atoms with Crippen molar-refractivity contribution in [1.29, 1.82) is 0 Å². The number of piperidine rings is 2. The van der Waals surface area contributed by atoms with Gasteiger partial charge < -0.3 is 9.80 Å². The van der Waals surface area contributed by atoms with Crippen molar-refractivity contribution in [2.45, 2.75) is 57.4 Å². The maximum absolute atomic E-state index is 13.3. The lowest BCUT2D eigenvalue weighted by atomic mass is 9.94. The lowest BCUT2D eigenvalue weighted by Gasteiger charge is -2.38. The minimum Gasteiger partial charge on any atom is -0.342 e. The number of nitrogens with zero attached hydrogens (tertiary/aromatic N) is 3. The van der Waals surface area contributed by atoms with Crippen LogP contribution in [0.15, 0.2) is 17.0 Å². The maximum Gasteiger partial charge on any atom is 0.243 e. The molecular formula is C22H35N3O3S. The van der Waals surface area contributed by atoms with E-state index in [1.807, 2.05) is 44.9 Å². The van der Waals surface area contributed by atoms with Crippen LogP contribution in [0.1, 0.15) is 42.4 Å². The summed E-state index contributed by atoms with van der Waals surface area (Å²) in [7, 11) is 0.501. The van der Waals surface area contributed by atoms with Crippen molar-refractivity contribution < 1.29 is 13.2 Å². The molecule has 0 atom stereocenters. The summed E-state index contributed by atoms with van der Waals surface area (Å²) in [6.45, 7) is 8.57. The zero-order chi connectivity index (χ0) is 21.3. The molecule has 6 nitrogen and oxygen atoms in total. The first-order chi connectivity index (χ1) is 13.6. The normalized spacial score (nSPS) is 20.7. The van der Waals surface area contributed by atoms with Crippen molar-refractivity contribution in [2.24, 2.45) is 5.92 Å². The number of amides is 1. The first kappa shape index (κ1) is 22.2. The van der Waals surface area contributed by atoms with Gasteiger partial charge in [-0.3, -0.25) is 4.79 Å². The lowest BCUT2D eigenvalue weighted by Crippen LogP contribution is -2.49. The topological polar surface area (TPSA) is 60.9 Å². The smallest absolute Gasteiger partial charge is 0.243 e. The molecular weight excluding hydrogens is 386 g/mol. The molecule has 2 saturated heterocycles. The summed E-state index contributed by atoms with van der Waals surface area (Å²) in [5, 5.41) is 0. The van der Waals surface area contributed by atoms with Crippen LogP contribution in [0.4, 0.5) is 0 Å². The molecule has 2 heterocycles. The Kier molecular flexibility index (Phi) is 6.70. The summed E-state index contributed by atoms with van der Waals surface area (Å²) in [6, 6.07) is 4.15. The molecule has 0 spiro atoms. The molecule has 0 aromatic heterocycles. The third kappa shape index (κ3) is 4.67. The van der Waals surface area contributed by atoms with E-state index in [0.29, 0.717) is 36.9 Å². The molecule has 3 rings (SSSR count). The third-order valence-corrected chi connectivity index (χ3v) is 8.79. The van der Waals surface area contributed by atoms with Crippen molar-refractivity contribution in [1.82, 2.24) is 14.1 Å². The number of likely N-dealkylation sites (tertiary alicyclic amines) is 1. The number of rotatable bonds is 4. The van der Waals surface area contributed by atoms with E-state index in [0.717, 1.165) is 42.6 Å². The van der Waals surface area contributed by atoms with Crippen molar-refractivity contribution in [2.75, 3.05) is 40.3 Å². The number of hydrogen-bond donors (Lipinski definition) is 0. The van der Waals surface area contributed by atoms with E-state index in [2.05, 4.69) is 11.9 Å². The van der Waals surface area contributed by atoms with Crippen LogP contribution in [0.3, 0.4) is 0 Å². The van der Waals surface area contributed by atoms with Gasteiger partial charge in [-0.25, -0.2) is 8.42 Å². The Balaban J connectivity index is 1.65. The molecule has 29 heavy (non-hydrogen) atoms. The SMILES string of the molecule is Cc1cc(C)c(S(=O)(=O)N2CCC(C(=O)N(C)C3CCN(C)CC3)CC2)c(C)c1. The van der Waals surface area contributed by atoms with Crippen LogP contribution in [-0.2, 0) is 14.8 Å². The monoisotopic (exact) mass is 421 g/mol. The molecule has 7 heteroatoms. The van der Waals surface area contributed by atoms with Gasteiger partial charge >= 0.3 is 0 Å². The molecule has 0 aliphatic carbocycles. The number of sulfonamides is 1. The molecule has 2 aliphatic heterocycles. The average Bonchev–Trinajstić information content (AvgIpc) is 2.66. The van der Waals surface area contributed by atoms with Gasteiger partial charge in [0.05, 0.1) is 4.90 Å². The van der Waals surface area contributed by atoms with Crippen LogP contribution in [0.25, 0.3) is 0 Å². The van der Waals surface area contributed by atoms with Crippen LogP contribution < -0.4 is 0 Å². The summed E-state index contributed by atoms with van der Waals surface area (Å²) < 4.78 is 28.1. The molecule has 0 bridgehead atoms. The molecule has 0 N–H and O–H groups in total. The number of carbonyl (C=O) groups excluding carboxylic acids is 1. The zero-order valence-electron chi connectivity index (χ0n) is 18.4. The molecule has 2 fully saturated rings. The second-order valence-corrected chi connectivity index (χ2v) is 10.8.